The third kappa shape index (κ3) is 1.56. The Labute approximate surface area is 75.7 Å². The number of phenolic OH excluding ortho intramolecular Hbond substituents is 1. The van der Waals surface area contributed by atoms with Crippen LogP contribution in [0.3, 0.4) is 0 Å². The molecule has 1 heterocycles. The van der Waals surface area contributed by atoms with E-state index in [-0.39, 0.29) is 17.8 Å². The molecule has 0 saturated carbocycles. The maximum Gasteiger partial charge on any atom is 0.282 e. The lowest BCUT2D eigenvalue weighted by atomic mass is 10.1. The van der Waals surface area contributed by atoms with E-state index in [9.17, 15) is 5.11 Å². The second-order valence-electron chi connectivity index (χ2n) is 2.89. The summed E-state index contributed by atoms with van der Waals surface area (Å²) in [6, 6.07) is 7.08. The maximum atomic E-state index is 9.22. The molecule has 1 aromatic rings. The molecule has 3 N–H and O–H groups in total. The van der Waals surface area contributed by atoms with Crippen LogP contribution in [0.5, 0.6) is 5.75 Å². The van der Waals surface area contributed by atoms with E-state index >= 15 is 0 Å². The molecule has 1 aliphatic rings. The molecule has 4 heteroatoms. The number of aliphatic imine (C=N–C) groups is 1. The average Bonchev–Trinajstić information content (AvgIpc) is 2.52. The predicted octanol–water partition coefficient (Wildman–Crippen LogP) is 0.778. The van der Waals surface area contributed by atoms with Crippen LogP contribution in [0.15, 0.2) is 29.3 Å². The van der Waals surface area contributed by atoms with Gasteiger partial charge in [0.15, 0.2) is 0 Å². The molecular formula is C9H10N2O2. The Hall–Kier alpha value is -1.71. The summed E-state index contributed by atoms with van der Waals surface area (Å²) in [6.45, 7) is 0.454. The first-order valence-electron chi connectivity index (χ1n) is 4.01. The van der Waals surface area contributed by atoms with Crippen LogP contribution in [0.1, 0.15) is 11.6 Å². The first-order chi connectivity index (χ1) is 6.25. The molecule has 0 amide bonds. The van der Waals surface area contributed by atoms with Crippen molar-refractivity contribution in [2.45, 2.75) is 6.04 Å². The molecule has 0 fully saturated rings. The number of benzene rings is 1. The van der Waals surface area contributed by atoms with Crippen molar-refractivity contribution in [2.24, 2.45) is 10.7 Å². The van der Waals surface area contributed by atoms with Gasteiger partial charge in [-0.1, -0.05) is 12.1 Å². The standard InChI is InChI=1S/C9H10N2O2/c10-9-11-8(5-13-9)6-2-1-3-7(12)4-6/h1-4,8,12H,5H2,(H2,10,11). The Morgan fingerprint density at radius 3 is 3.00 bits per heavy atom. The number of nitrogens with two attached hydrogens (primary N) is 1. The first kappa shape index (κ1) is 7.91. The summed E-state index contributed by atoms with van der Waals surface area (Å²) in [7, 11) is 0. The Morgan fingerprint density at radius 1 is 1.54 bits per heavy atom. The molecule has 68 valence electrons. The fraction of sp³-hybridized carbons (Fsp3) is 0.222. The van der Waals surface area contributed by atoms with Crippen LogP contribution in [0.4, 0.5) is 0 Å². The first-order valence-corrected chi connectivity index (χ1v) is 4.01. The number of ether oxygens (including phenoxy) is 1. The number of rotatable bonds is 1. The molecule has 0 saturated heterocycles. The van der Waals surface area contributed by atoms with Crippen LogP contribution in [0, 0.1) is 0 Å². The van der Waals surface area contributed by atoms with Crippen LogP contribution >= 0.6 is 0 Å². The highest BCUT2D eigenvalue weighted by atomic mass is 16.5. The summed E-state index contributed by atoms with van der Waals surface area (Å²) in [5.41, 5.74) is 6.28. The van der Waals surface area contributed by atoms with Gasteiger partial charge in [-0.05, 0) is 17.7 Å². The lowest BCUT2D eigenvalue weighted by molar-refractivity contribution is 0.315. The second-order valence-corrected chi connectivity index (χ2v) is 2.89. The molecule has 1 unspecified atom stereocenters. The molecule has 0 aliphatic carbocycles. The SMILES string of the molecule is NC1=NC(c2cccc(O)c2)CO1. The van der Waals surface area contributed by atoms with Crippen molar-refractivity contribution in [1.29, 1.82) is 0 Å². The zero-order chi connectivity index (χ0) is 9.26. The minimum atomic E-state index is -0.0768. The van der Waals surface area contributed by atoms with Crippen LogP contribution in [-0.2, 0) is 4.74 Å². The Kier molecular flexibility index (Phi) is 1.81. The lowest BCUT2D eigenvalue weighted by Gasteiger charge is -2.04. The van der Waals surface area contributed by atoms with E-state index in [0.29, 0.717) is 6.61 Å². The van der Waals surface area contributed by atoms with Gasteiger partial charge in [0, 0.05) is 0 Å². The third-order valence-corrected chi connectivity index (χ3v) is 1.93. The summed E-state index contributed by atoms with van der Waals surface area (Å²) >= 11 is 0. The van der Waals surface area contributed by atoms with Crippen LogP contribution in [0.2, 0.25) is 0 Å². The molecule has 13 heavy (non-hydrogen) atoms. The van der Waals surface area contributed by atoms with Crippen molar-refractivity contribution in [3.05, 3.63) is 29.8 Å². The Morgan fingerprint density at radius 2 is 2.38 bits per heavy atom. The molecule has 2 rings (SSSR count). The van der Waals surface area contributed by atoms with Gasteiger partial charge in [-0.25, -0.2) is 4.99 Å². The summed E-state index contributed by atoms with van der Waals surface area (Å²) in [6.07, 6.45) is 0. The van der Waals surface area contributed by atoms with Gasteiger partial charge in [-0.3, -0.25) is 0 Å². The molecule has 0 radical (unpaired) electrons. The molecule has 1 aromatic carbocycles. The van der Waals surface area contributed by atoms with Gasteiger partial charge in [0.1, 0.15) is 18.4 Å². The molecule has 0 aromatic heterocycles. The number of hydrogen-bond acceptors (Lipinski definition) is 4. The van der Waals surface area contributed by atoms with Crippen molar-refractivity contribution in [1.82, 2.24) is 0 Å². The van der Waals surface area contributed by atoms with Crippen molar-refractivity contribution < 1.29 is 9.84 Å². The van der Waals surface area contributed by atoms with Gasteiger partial charge in [0.2, 0.25) is 0 Å². The molecule has 4 nitrogen and oxygen atoms in total. The maximum absolute atomic E-state index is 9.22. The van der Waals surface area contributed by atoms with E-state index in [2.05, 4.69) is 4.99 Å². The van der Waals surface area contributed by atoms with Crippen molar-refractivity contribution in [2.75, 3.05) is 6.61 Å². The second kappa shape index (κ2) is 2.97. The summed E-state index contributed by atoms with van der Waals surface area (Å²) < 4.78 is 5.01. The summed E-state index contributed by atoms with van der Waals surface area (Å²) in [4.78, 5) is 4.06. The van der Waals surface area contributed by atoms with Gasteiger partial charge in [0.25, 0.3) is 6.02 Å². The topological polar surface area (TPSA) is 67.8 Å². The monoisotopic (exact) mass is 178 g/mol. The largest absolute Gasteiger partial charge is 0.508 e. The minimum Gasteiger partial charge on any atom is -0.508 e. The van der Waals surface area contributed by atoms with E-state index in [0.717, 1.165) is 5.56 Å². The van der Waals surface area contributed by atoms with Crippen molar-refractivity contribution >= 4 is 6.02 Å². The molecule has 0 bridgehead atoms. The average molecular weight is 178 g/mol. The van der Waals surface area contributed by atoms with Gasteiger partial charge < -0.3 is 15.6 Å². The van der Waals surface area contributed by atoms with Gasteiger partial charge in [0.05, 0.1) is 0 Å². The normalized spacial score (nSPS) is 20.9. The van der Waals surface area contributed by atoms with Gasteiger partial charge >= 0.3 is 0 Å². The quantitative estimate of drug-likeness (QED) is 0.667. The van der Waals surface area contributed by atoms with E-state index < -0.39 is 0 Å². The highest BCUT2D eigenvalue weighted by molar-refractivity contribution is 5.73. The molecule has 0 spiro atoms. The van der Waals surface area contributed by atoms with E-state index in [1.165, 1.54) is 0 Å². The molecule has 1 aliphatic heterocycles. The predicted molar refractivity (Wildman–Crippen MR) is 48.4 cm³/mol. The zero-order valence-electron chi connectivity index (χ0n) is 6.97. The fourth-order valence-corrected chi connectivity index (χ4v) is 1.30. The van der Waals surface area contributed by atoms with Crippen LogP contribution < -0.4 is 5.73 Å². The number of nitrogens with zero attached hydrogens (tertiary/aromatic N) is 1. The van der Waals surface area contributed by atoms with E-state index in [1.807, 2.05) is 6.07 Å². The fourth-order valence-electron chi connectivity index (χ4n) is 1.30. The number of hydrogen-bond donors (Lipinski definition) is 2. The molecule has 1 atom stereocenters. The Balaban J connectivity index is 2.26. The summed E-state index contributed by atoms with van der Waals surface area (Å²) in [5, 5.41) is 9.22. The summed E-state index contributed by atoms with van der Waals surface area (Å²) in [5.74, 6) is 0.234. The Bertz CT molecular complexity index is 349. The smallest absolute Gasteiger partial charge is 0.282 e. The highest BCUT2D eigenvalue weighted by Gasteiger charge is 2.18. The van der Waals surface area contributed by atoms with Crippen LogP contribution in [-0.4, -0.2) is 17.7 Å². The highest BCUT2D eigenvalue weighted by Crippen LogP contribution is 2.24. The third-order valence-electron chi connectivity index (χ3n) is 1.93. The van der Waals surface area contributed by atoms with Crippen LogP contribution in [0.25, 0.3) is 0 Å². The number of amidine groups is 1. The molecular weight excluding hydrogens is 168 g/mol. The zero-order valence-corrected chi connectivity index (χ0v) is 6.97. The van der Waals surface area contributed by atoms with Crippen molar-refractivity contribution in [3.63, 3.8) is 0 Å². The van der Waals surface area contributed by atoms with E-state index in [4.69, 9.17) is 10.5 Å². The number of aromatic hydroxyl groups is 1. The van der Waals surface area contributed by atoms with Gasteiger partial charge in [-0.15, -0.1) is 0 Å². The van der Waals surface area contributed by atoms with Crippen molar-refractivity contribution in [3.8, 4) is 5.75 Å². The lowest BCUT2D eigenvalue weighted by Crippen LogP contribution is -2.10. The number of phenols is 1. The van der Waals surface area contributed by atoms with Gasteiger partial charge in [-0.2, -0.15) is 0 Å². The van der Waals surface area contributed by atoms with E-state index in [1.54, 1.807) is 18.2 Å². The minimum absolute atomic E-state index is 0.0768.